The predicted molar refractivity (Wildman–Crippen MR) is 89.2 cm³/mol. The van der Waals surface area contributed by atoms with Gasteiger partial charge in [-0.15, -0.1) is 0 Å². The first-order valence-electron chi connectivity index (χ1n) is 8.68. The van der Waals surface area contributed by atoms with Gasteiger partial charge in [-0.05, 0) is 43.2 Å². The number of amides is 2. The van der Waals surface area contributed by atoms with Crippen LogP contribution in [0.25, 0.3) is 0 Å². The zero-order valence-electron chi connectivity index (χ0n) is 14.1. The molecule has 24 heavy (non-hydrogen) atoms. The maximum absolute atomic E-state index is 12.5. The number of hydrogen-bond donors (Lipinski definition) is 1. The summed E-state index contributed by atoms with van der Waals surface area (Å²) in [6.45, 7) is 2.95. The second-order valence-electron chi connectivity index (χ2n) is 6.73. The Bertz CT molecular complexity index is 574. The van der Waals surface area contributed by atoms with Crippen LogP contribution in [0.5, 0.6) is 0 Å². The summed E-state index contributed by atoms with van der Waals surface area (Å²) < 4.78 is 6.12. The van der Waals surface area contributed by atoms with Crippen LogP contribution in [0.2, 0.25) is 0 Å². The summed E-state index contributed by atoms with van der Waals surface area (Å²) in [6, 6.07) is 3.95. The van der Waals surface area contributed by atoms with E-state index in [4.69, 9.17) is 4.74 Å². The van der Waals surface area contributed by atoms with Crippen molar-refractivity contribution in [3.8, 4) is 0 Å². The molecule has 6 nitrogen and oxygen atoms in total. The average molecular weight is 331 g/mol. The molecule has 1 saturated heterocycles. The fourth-order valence-electron chi connectivity index (χ4n) is 3.18. The first kappa shape index (κ1) is 16.9. The molecule has 1 aliphatic heterocycles. The summed E-state index contributed by atoms with van der Waals surface area (Å²) >= 11 is 0. The maximum Gasteiger partial charge on any atom is 0.242 e. The van der Waals surface area contributed by atoms with Crippen LogP contribution in [0.4, 0.5) is 0 Å². The van der Waals surface area contributed by atoms with Crippen molar-refractivity contribution in [2.45, 2.75) is 44.8 Å². The van der Waals surface area contributed by atoms with Crippen molar-refractivity contribution in [3.63, 3.8) is 0 Å². The van der Waals surface area contributed by atoms with Crippen molar-refractivity contribution in [3.05, 3.63) is 30.1 Å². The van der Waals surface area contributed by atoms with E-state index in [1.807, 2.05) is 23.2 Å². The number of ether oxygens (including phenoxy) is 1. The number of carbonyl (C=O) groups excluding carboxylic acids is 2. The highest BCUT2D eigenvalue weighted by atomic mass is 16.5. The van der Waals surface area contributed by atoms with Gasteiger partial charge in [-0.2, -0.15) is 0 Å². The number of nitrogens with one attached hydrogen (secondary N) is 1. The maximum atomic E-state index is 12.5. The lowest BCUT2D eigenvalue weighted by atomic mass is 10.0. The Labute approximate surface area is 142 Å². The molecule has 2 fully saturated rings. The molecule has 6 heteroatoms. The van der Waals surface area contributed by atoms with E-state index in [1.54, 1.807) is 6.20 Å². The van der Waals surface area contributed by atoms with Crippen LogP contribution in [0.3, 0.4) is 0 Å². The highest BCUT2D eigenvalue weighted by Crippen LogP contribution is 2.31. The lowest BCUT2D eigenvalue weighted by Gasteiger charge is -2.28. The minimum atomic E-state index is -0.187. The topological polar surface area (TPSA) is 71.5 Å². The van der Waals surface area contributed by atoms with Gasteiger partial charge in [0.05, 0.1) is 18.7 Å². The second-order valence-corrected chi connectivity index (χ2v) is 6.73. The van der Waals surface area contributed by atoms with Crippen molar-refractivity contribution >= 4 is 11.8 Å². The molecule has 0 radical (unpaired) electrons. The molecule has 2 atom stereocenters. The summed E-state index contributed by atoms with van der Waals surface area (Å²) in [5, 5.41) is 2.60. The van der Waals surface area contributed by atoms with Crippen molar-refractivity contribution in [1.29, 1.82) is 0 Å². The SMILES string of the molecule is CC(=O)NCC(=O)N1CC[C@H](OCC2CC2)[C@@H]1Cc1cccnc1. The average Bonchev–Trinajstić information content (AvgIpc) is 3.33. The zero-order chi connectivity index (χ0) is 16.9. The molecule has 0 spiro atoms. The molecule has 2 heterocycles. The minimum absolute atomic E-state index is 0.00853. The number of nitrogens with zero attached hydrogens (tertiary/aromatic N) is 2. The molecule has 0 aromatic carbocycles. The van der Waals surface area contributed by atoms with Gasteiger partial charge in [0.2, 0.25) is 11.8 Å². The Morgan fingerprint density at radius 3 is 2.88 bits per heavy atom. The van der Waals surface area contributed by atoms with Crippen molar-refractivity contribution in [2.75, 3.05) is 19.7 Å². The Hall–Kier alpha value is -1.95. The highest BCUT2D eigenvalue weighted by molar-refractivity contribution is 5.84. The number of pyridine rings is 1. The zero-order valence-corrected chi connectivity index (χ0v) is 14.1. The van der Waals surface area contributed by atoms with Crippen LogP contribution in [0.15, 0.2) is 24.5 Å². The number of hydrogen-bond acceptors (Lipinski definition) is 4. The van der Waals surface area contributed by atoms with Crippen LogP contribution in [0, 0.1) is 5.92 Å². The van der Waals surface area contributed by atoms with E-state index < -0.39 is 0 Å². The van der Waals surface area contributed by atoms with Gasteiger partial charge in [0.15, 0.2) is 0 Å². The summed E-state index contributed by atoms with van der Waals surface area (Å²) in [4.78, 5) is 29.6. The third-order valence-corrected chi connectivity index (χ3v) is 4.70. The Kier molecular flexibility index (Phi) is 5.45. The Morgan fingerprint density at radius 2 is 2.21 bits per heavy atom. The molecule has 3 rings (SSSR count). The van der Waals surface area contributed by atoms with E-state index >= 15 is 0 Å². The molecule has 2 amide bonds. The van der Waals surface area contributed by atoms with Crippen LogP contribution in [0.1, 0.15) is 31.7 Å². The van der Waals surface area contributed by atoms with E-state index in [0.717, 1.165) is 25.0 Å². The molecule has 0 unspecified atom stereocenters. The second kappa shape index (κ2) is 7.75. The van der Waals surface area contributed by atoms with Gasteiger partial charge in [-0.1, -0.05) is 6.07 Å². The van der Waals surface area contributed by atoms with E-state index in [2.05, 4.69) is 10.3 Å². The van der Waals surface area contributed by atoms with Crippen molar-refractivity contribution in [1.82, 2.24) is 15.2 Å². The van der Waals surface area contributed by atoms with Crippen LogP contribution in [-0.2, 0) is 20.7 Å². The van der Waals surface area contributed by atoms with Crippen LogP contribution < -0.4 is 5.32 Å². The van der Waals surface area contributed by atoms with Gasteiger partial charge in [-0.25, -0.2) is 0 Å². The van der Waals surface area contributed by atoms with E-state index in [1.165, 1.54) is 19.8 Å². The van der Waals surface area contributed by atoms with E-state index in [0.29, 0.717) is 12.5 Å². The summed E-state index contributed by atoms with van der Waals surface area (Å²) in [7, 11) is 0. The molecule has 1 saturated carbocycles. The number of carbonyl (C=O) groups is 2. The molecular formula is C18H25N3O3. The molecule has 1 N–H and O–H groups in total. The van der Waals surface area contributed by atoms with E-state index in [9.17, 15) is 9.59 Å². The number of likely N-dealkylation sites (tertiary alicyclic amines) is 1. The van der Waals surface area contributed by atoms with E-state index in [-0.39, 0.29) is 30.5 Å². The summed E-state index contributed by atoms with van der Waals surface area (Å²) in [5.41, 5.74) is 1.10. The van der Waals surface area contributed by atoms with Gasteiger partial charge in [0, 0.05) is 32.5 Å². The minimum Gasteiger partial charge on any atom is -0.376 e. The fourth-order valence-corrected chi connectivity index (χ4v) is 3.18. The van der Waals surface area contributed by atoms with Gasteiger partial charge < -0.3 is 15.0 Å². The third-order valence-electron chi connectivity index (χ3n) is 4.70. The molecule has 1 aromatic heterocycles. The lowest BCUT2D eigenvalue weighted by Crippen LogP contribution is -2.46. The third kappa shape index (κ3) is 4.54. The quantitative estimate of drug-likeness (QED) is 0.814. The van der Waals surface area contributed by atoms with Crippen LogP contribution >= 0.6 is 0 Å². The monoisotopic (exact) mass is 331 g/mol. The standard InChI is InChI=1S/C18H25N3O3/c1-13(22)20-11-18(23)21-8-6-17(24-12-14-4-5-14)16(21)9-15-3-2-7-19-10-15/h2-3,7,10,14,16-17H,4-6,8-9,11-12H2,1H3,(H,20,22)/t16-,17-/m0/s1. The summed E-state index contributed by atoms with van der Waals surface area (Å²) in [6.07, 6.45) is 7.74. The van der Waals surface area contributed by atoms with Crippen molar-refractivity contribution in [2.24, 2.45) is 5.92 Å². The van der Waals surface area contributed by atoms with Gasteiger partial charge in [0.1, 0.15) is 0 Å². The highest BCUT2D eigenvalue weighted by Gasteiger charge is 2.38. The summed E-state index contributed by atoms with van der Waals surface area (Å²) in [5.74, 6) is 0.470. The molecular weight excluding hydrogens is 306 g/mol. The normalized spacial score (nSPS) is 23.3. The van der Waals surface area contributed by atoms with Gasteiger partial charge >= 0.3 is 0 Å². The van der Waals surface area contributed by atoms with Gasteiger partial charge in [0.25, 0.3) is 0 Å². The predicted octanol–water partition coefficient (Wildman–Crippen LogP) is 1.16. The molecule has 1 aromatic rings. The molecule has 130 valence electrons. The largest absolute Gasteiger partial charge is 0.376 e. The Morgan fingerprint density at radius 1 is 1.38 bits per heavy atom. The van der Waals surface area contributed by atoms with Gasteiger partial charge in [-0.3, -0.25) is 14.6 Å². The molecule has 1 aliphatic carbocycles. The number of rotatable bonds is 7. The molecule has 0 bridgehead atoms. The Balaban J connectivity index is 1.66. The lowest BCUT2D eigenvalue weighted by molar-refractivity contribution is -0.134. The number of aromatic nitrogens is 1. The fraction of sp³-hybridized carbons (Fsp3) is 0.611. The smallest absolute Gasteiger partial charge is 0.242 e. The molecule has 2 aliphatic rings. The van der Waals surface area contributed by atoms with Crippen LogP contribution in [-0.4, -0.2) is 53.5 Å². The van der Waals surface area contributed by atoms with Crippen molar-refractivity contribution < 1.29 is 14.3 Å². The first-order chi connectivity index (χ1) is 11.6. The first-order valence-corrected chi connectivity index (χ1v) is 8.68.